The van der Waals surface area contributed by atoms with Crippen LogP contribution in [-0.2, 0) is 23.1 Å². The summed E-state index contributed by atoms with van der Waals surface area (Å²) in [6, 6.07) is 1.58. The summed E-state index contributed by atoms with van der Waals surface area (Å²) < 4.78 is 7.86. The molecule has 0 aromatic carbocycles. The third-order valence-corrected chi connectivity index (χ3v) is 3.34. The maximum atomic E-state index is 12.0. The first-order chi connectivity index (χ1) is 8.95. The highest BCUT2D eigenvalue weighted by atomic mass is 16.5. The zero-order valence-electron chi connectivity index (χ0n) is 11.6. The van der Waals surface area contributed by atoms with Crippen LogP contribution in [-0.4, -0.2) is 27.4 Å². The van der Waals surface area contributed by atoms with Crippen molar-refractivity contribution in [3.8, 4) is 0 Å². The van der Waals surface area contributed by atoms with E-state index in [4.69, 9.17) is 0 Å². The van der Waals surface area contributed by atoms with E-state index in [2.05, 4.69) is 9.84 Å². The third kappa shape index (κ3) is 2.25. The second kappa shape index (κ2) is 4.87. The minimum absolute atomic E-state index is 0.146. The lowest BCUT2D eigenvalue weighted by Gasteiger charge is -2.07. The van der Waals surface area contributed by atoms with Gasteiger partial charge in [0, 0.05) is 30.7 Å². The van der Waals surface area contributed by atoms with Gasteiger partial charge in [-0.25, -0.2) is 0 Å². The van der Waals surface area contributed by atoms with Crippen LogP contribution in [0.2, 0.25) is 0 Å². The number of carbonyl (C=O) groups excluding carboxylic acids is 1. The summed E-state index contributed by atoms with van der Waals surface area (Å²) in [5.74, 6) is -0.340. The minimum Gasteiger partial charge on any atom is -0.469 e. The first kappa shape index (κ1) is 13.3. The Labute approximate surface area is 110 Å². The predicted molar refractivity (Wildman–Crippen MR) is 71.1 cm³/mol. The van der Waals surface area contributed by atoms with Crippen molar-refractivity contribution >= 4 is 17.0 Å². The summed E-state index contributed by atoms with van der Waals surface area (Å²) in [7, 11) is 3.17. The highest BCUT2D eigenvalue weighted by molar-refractivity contribution is 5.82. The van der Waals surface area contributed by atoms with Gasteiger partial charge < -0.3 is 4.74 Å². The Kier molecular flexibility index (Phi) is 3.42. The molecule has 0 spiro atoms. The van der Waals surface area contributed by atoms with Crippen LogP contribution in [0.4, 0.5) is 0 Å². The van der Waals surface area contributed by atoms with Crippen LogP contribution >= 0.6 is 0 Å². The smallest absolute Gasteiger partial charge is 0.307 e. The molecule has 0 saturated carbocycles. The first-order valence-corrected chi connectivity index (χ1v) is 6.06. The number of aryl methyl sites for hydroxylation is 4. The van der Waals surface area contributed by atoms with Crippen molar-refractivity contribution in [2.45, 2.75) is 26.8 Å². The Morgan fingerprint density at radius 3 is 2.74 bits per heavy atom. The molecule has 19 heavy (non-hydrogen) atoms. The molecule has 0 unspecified atom stereocenters. The molecule has 0 atom stereocenters. The molecule has 0 bridgehead atoms. The number of fused-ring (bicyclic) bond motifs is 1. The highest BCUT2D eigenvalue weighted by Crippen LogP contribution is 2.19. The summed E-state index contributed by atoms with van der Waals surface area (Å²) in [5.41, 5.74) is 2.38. The third-order valence-electron chi connectivity index (χ3n) is 3.34. The molecular weight excluding hydrogens is 246 g/mol. The molecule has 2 aromatic heterocycles. The molecule has 2 rings (SSSR count). The number of rotatable bonds is 3. The number of ether oxygens (including phenoxy) is 1. The van der Waals surface area contributed by atoms with Gasteiger partial charge in [-0.2, -0.15) is 5.10 Å². The fourth-order valence-electron chi connectivity index (χ4n) is 2.20. The zero-order chi connectivity index (χ0) is 14.2. The maximum absolute atomic E-state index is 12.0. The van der Waals surface area contributed by atoms with E-state index in [1.165, 1.54) is 11.7 Å². The van der Waals surface area contributed by atoms with Crippen LogP contribution in [0.1, 0.15) is 17.7 Å². The lowest BCUT2D eigenvalue weighted by molar-refractivity contribution is -0.140. The summed E-state index contributed by atoms with van der Waals surface area (Å²) in [6.07, 6.45) is 0.157. The summed E-state index contributed by atoms with van der Waals surface area (Å²) in [6.45, 7) is 4.12. The van der Waals surface area contributed by atoms with Crippen LogP contribution in [0, 0.1) is 13.8 Å². The minimum atomic E-state index is -0.340. The standard InChI is InChI=1S/C13H17N3O3/c1-8-7-10(17)16(6-5-11(18)19-4)13-12(8)9(2)15(3)14-13/h7H,5-6H2,1-4H3. The van der Waals surface area contributed by atoms with Gasteiger partial charge >= 0.3 is 5.97 Å². The Bertz CT molecular complexity index is 697. The molecule has 0 N–H and O–H groups in total. The molecule has 0 fully saturated rings. The van der Waals surface area contributed by atoms with E-state index in [-0.39, 0.29) is 24.5 Å². The van der Waals surface area contributed by atoms with Crippen LogP contribution < -0.4 is 5.56 Å². The van der Waals surface area contributed by atoms with Crippen molar-refractivity contribution < 1.29 is 9.53 Å². The van der Waals surface area contributed by atoms with E-state index in [9.17, 15) is 9.59 Å². The van der Waals surface area contributed by atoms with E-state index in [1.807, 2.05) is 20.9 Å². The molecule has 0 aliphatic carbocycles. The van der Waals surface area contributed by atoms with E-state index >= 15 is 0 Å². The molecule has 102 valence electrons. The van der Waals surface area contributed by atoms with Crippen LogP contribution in [0.25, 0.3) is 11.0 Å². The van der Waals surface area contributed by atoms with E-state index in [0.29, 0.717) is 5.65 Å². The normalized spacial score (nSPS) is 10.9. The Balaban J connectivity index is 2.57. The van der Waals surface area contributed by atoms with Gasteiger partial charge in [-0.05, 0) is 19.4 Å². The summed E-state index contributed by atoms with van der Waals surface area (Å²) >= 11 is 0. The number of nitrogens with zero attached hydrogens (tertiary/aromatic N) is 3. The Hall–Kier alpha value is -2.11. The van der Waals surface area contributed by atoms with Crippen LogP contribution in [0.5, 0.6) is 0 Å². The summed E-state index contributed by atoms with van der Waals surface area (Å²) in [4.78, 5) is 23.2. The van der Waals surface area contributed by atoms with Crippen molar-refractivity contribution in [2.75, 3.05) is 7.11 Å². The number of aromatic nitrogens is 3. The SMILES string of the molecule is COC(=O)CCn1c(=O)cc(C)c2c(C)n(C)nc21. The molecule has 0 saturated heterocycles. The lowest BCUT2D eigenvalue weighted by Crippen LogP contribution is -2.22. The van der Waals surface area contributed by atoms with E-state index in [1.54, 1.807) is 10.7 Å². The quantitative estimate of drug-likeness (QED) is 0.772. The van der Waals surface area contributed by atoms with E-state index < -0.39 is 0 Å². The molecule has 0 radical (unpaired) electrons. The van der Waals surface area contributed by atoms with Gasteiger partial charge in [-0.1, -0.05) is 0 Å². The predicted octanol–water partition coefficient (Wildman–Crippen LogP) is 0.915. The van der Waals surface area contributed by atoms with Gasteiger partial charge in [0.25, 0.3) is 5.56 Å². The van der Waals surface area contributed by atoms with Crippen molar-refractivity contribution in [1.82, 2.24) is 14.3 Å². The maximum Gasteiger partial charge on any atom is 0.307 e. The second-order valence-corrected chi connectivity index (χ2v) is 4.55. The van der Waals surface area contributed by atoms with Gasteiger partial charge in [-0.3, -0.25) is 18.8 Å². The number of methoxy groups -OCH3 is 1. The Morgan fingerprint density at radius 2 is 2.11 bits per heavy atom. The van der Waals surface area contributed by atoms with Crippen molar-refractivity contribution in [3.05, 3.63) is 27.7 Å². The Morgan fingerprint density at radius 1 is 1.42 bits per heavy atom. The monoisotopic (exact) mass is 263 g/mol. The first-order valence-electron chi connectivity index (χ1n) is 6.06. The second-order valence-electron chi connectivity index (χ2n) is 4.55. The molecule has 0 aliphatic rings. The largest absolute Gasteiger partial charge is 0.469 e. The van der Waals surface area contributed by atoms with Gasteiger partial charge in [0.05, 0.1) is 13.5 Å². The average Bonchev–Trinajstić information content (AvgIpc) is 2.65. The van der Waals surface area contributed by atoms with Crippen molar-refractivity contribution in [2.24, 2.45) is 7.05 Å². The molecule has 2 aromatic rings. The van der Waals surface area contributed by atoms with Gasteiger partial charge in [0.2, 0.25) is 0 Å². The van der Waals surface area contributed by atoms with Gasteiger partial charge in [0.1, 0.15) is 0 Å². The number of pyridine rings is 1. The lowest BCUT2D eigenvalue weighted by atomic mass is 10.1. The zero-order valence-corrected chi connectivity index (χ0v) is 11.6. The molecule has 2 heterocycles. The molecule has 6 heteroatoms. The van der Waals surface area contributed by atoms with E-state index in [0.717, 1.165) is 16.6 Å². The van der Waals surface area contributed by atoms with Crippen LogP contribution in [0.15, 0.2) is 10.9 Å². The number of hydrogen-bond acceptors (Lipinski definition) is 4. The number of esters is 1. The molecule has 0 amide bonds. The molecule has 0 aliphatic heterocycles. The van der Waals surface area contributed by atoms with Crippen molar-refractivity contribution in [3.63, 3.8) is 0 Å². The van der Waals surface area contributed by atoms with Crippen LogP contribution in [0.3, 0.4) is 0 Å². The fraction of sp³-hybridized carbons (Fsp3) is 0.462. The van der Waals surface area contributed by atoms with Gasteiger partial charge in [0.15, 0.2) is 5.65 Å². The average molecular weight is 263 g/mol. The van der Waals surface area contributed by atoms with Crippen molar-refractivity contribution in [1.29, 1.82) is 0 Å². The fourth-order valence-corrected chi connectivity index (χ4v) is 2.20. The molecular formula is C13H17N3O3. The molecule has 6 nitrogen and oxygen atoms in total. The summed E-state index contributed by atoms with van der Waals surface area (Å²) in [5, 5.41) is 5.33. The number of carbonyl (C=O) groups is 1. The number of hydrogen-bond donors (Lipinski definition) is 0. The topological polar surface area (TPSA) is 66.1 Å². The highest BCUT2D eigenvalue weighted by Gasteiger charge is 2.14. The van der Waals surface area contributed by atoms with Gasteiger partial charge in [-0.15, -0.1) is 0 Å².